The van der Waals surface area contributed by atoms with Crippen molar-refractivity contribution in [1.82, 2.24) is 4.90 Å². The zero-order valence-corrected chi connectivity index (χ0v) is 18.8. The van der Waals surface area contributed by atoms with Crippen LogP contribution in [0.2, 0.25) is 0 Å². The van der Waals surface area contributed by atoms with E-state index in [9.17, 15) is 4.79 Å². The molecule has 0 radical (unpaired) electrons. The second-order valence-electron chi connectivity index (χ2n) is 7.50. The summed E-state index contributed by atoms with van der Waals surface area (Å²) in [4.78, 5) is 19.5. The van der Waals surface area contributed by atoms with Gasteiger partial charge < -0.3 is 0 Å². The predicted molar refractivity (Wildman–Crippen MR) is 122 cm³/mol. The molecule has 0 aliphatic carbocycles. The summed E-state index contributed by atoms with van der Waals surface area (Å²) >= 11 is 3.11. The Kier molecular flexibility index (Phi) is 5.89. The second kappa shape index (κ2) is 8.56. The number of nitrogens with zero attached hydrogens (tertiary/aromatic N) is 3. The Balaban J connectivity index is 1.61. The Hall–Kier alpha value is -2.36. The van der Waals surface area contributed by atoms with Crippen LogP contribution < -0.4 is 9.80 Å². The van der Waals surface area contributed by atoms with Crippen molar-refractivity contribution in [2.24, 2.45) is 0 Å². The molecule has 1 amide bonds. The van der Waals surface area contributed by atoms with Gasteiger partial charge in [-0.2, -0.15) is 0 Å². The van der Waals surface area contributed by atoms with Gasteiger partial charge in [0.25, 0.3) is 0 Å². The van der Waals surface area contributed by atoms with Crippen LogP contribution in [0.4, 0.5) is 11.4 Å². The van der Waals surface area contributed by atoms with Crippen molar-refractivity contribution in [3.8, 4) is 0 Å². The Morgan fingerprint density at radius 2 is 1.55 bits per heavy atom. The van der Waals surface area contributed by atoms with Crippen LogP contribution in [0.3, 0.4) is 0 Å². The molecule has 4 nitrogen and oxygen atoms in total. The molecule has 2 heterocycles. The van der Waals surface area contributed by atoms with Crippen LogP contribution in [-0.4, -0.2) is 50.7 Å². The standard InChI is InChI=1S/C24H27N3OSe/c1-3-18-7-13-21(14-8-18)27-23(28)22(26(4-2)24(27)29)17-19-9-11-20(12-10-19)25-15-5-6-16-25/h7-14,17H,3-6,15-16H2,1-2H3/b22-17+. The monoisotopic (exact) mass is 453 g/mol. The summed E-state index contributed by atoms with van der Waals surface area (Å²) in [5.74, 6) is 0.00784. The number of hydrogen-bond acceptors (Lipinski definition) is 3. The molecule has 0 bridgehead atoms. The molecule has 2 saturated heterocycles. The van der Waals surface area contributed by atoms with Gasteiger partial charge in [-0.1, -0.05) is 0 Å². The summed E-state index contributed by atoms with van der Waals surface area (Å²) in [7, 11) is 0. The normalized spacial score (nSPS) is 18.4. The molecular weight excluding hydrogens is 425 g/mol. The quantitative estimate of drug-likeness (QED) is 0.510. The summed E-state index contributed by atoms with van der Waals surface area (Å²) in [6.07, 6.45) is 5.53. The van der Waals surface area contributed by atoms with Crippen molar-refractivity contribution in [2.75, 3.05) is 29.4 Å². The van der Waals surface area contributed by atoms with E-state index in [1.54, 1.807) is 4.90 Å². The van der Waals surface area contributed by atoms with E-state index >= 15 is 0 Å². The number of amides is 1. The molecule has 0 unspecified atom stereocenters. The van der Waals surface area contributed by atoms with Crippen LogP contribution in [0.1, 0.15) is 37.8 Å². The van der Waals surface area contributed by atoms with Crippen LogP contribution in [0.15, 0.2) is 54.2 Å². The van der Waals surface area contributed by atoms with Crippen LogP contribution >= 0.6 is 0 Å². The van der Waals surface area contributed by atoms with Gasteiger partial charge >= 0.3 is 181 Å². The van der Waals surface area contributed by atoms with Gasteiger partial charge in [0.15, 0.2) is 0 Å². The van der Waals surface area contributed by atoms with Crippen molar-refractivity contribution < 1.29 is 4.79 Å². The van der Waals surface area contributed by atoms with Crippen molar-refractivity contribution >= 4 is 43.6 Å². The van der Waals surface area contributed by atoms with E-state index < -0.39 is 0 Å². The molecule has 2 aromatic rings. The summed E-state index contributed by atoms with van der Waals surface area (Å²) in [6.45, 7) is 7.21. The molecule has 2 aliphatic heterocycles. The van der Waals surface area contributed by atoms with Gasteiger partial charge in [-0.25, -0.2) is 0 Å². The van der Waals surface area contributed by atoms with Gasteiger partial charge in [0, 0.05) is 0 Å². The van der Waals surface area contributed by atoms with Crippen LogP contribution in [0.25, 0.3) is 6.08 Å². The van der Waals surface area contributed by atoms with E-state index in [0.29, 0.717) is 5.70 Å². The summed E-state index contributed by atoms with van der Waals surface area (Å²) < 4.78 is 0.835. The van der Waals surface area contributed by atoms with Crippen molar-refractivity contribution in [3.05, 3.63) is 65.4 Å². The Morgan fingerprint density at radius 1 is 0.931 bits per heavy atom. The summed E-state index contributed by atoms with van der Waals surface area (Å²) in [5, 5.41) is 0. The molecule has 0 atom stereocenters. The first-order chi connectivity index (χ1) is 14.1. The Morgan fingerprint density at radius 3 is 2.14 bits per heavy atom. The first-order valence-corrected chi connectivity index (χ1v) is 11.3. The minimum atomic E-state index is 0.00784. The molecule has 0 aromatic heterocycles. The van der Waals surface area contributed by atoms with Gasteiger partial charge in [0.1, 0.15) is 0 Å². The number of rotatable bonds is 5. The third-order valence-corrected chi connectivity index (χ3v) is 6.57. The number of likely N-dealkylation sites (N-methyl/N-ethyl adjacent to an activating group) is 1. The van der Waals surface area contributed by atoms with Crippen LogP contribution in [0.5, 0.6) is 0 Å². The molecule has 0 N–H and O–H groups in total. The van der Waals surface area contributed by atoms with Crippen LogP contribution in [0, 0.1) is 0 Å². The molecule has 2 aliphatic rings. The van der Waals surface area contributed by atoms with Gasteiger partial charge in [-0.05, 0) is 0 Å². The van der Waals surface area contributed by atoms with E-state index in [2.05, 4.69) is 70.7 Å². The zero-order chi connectivity index (χ0) is 20.4. The fraction of sp³-hybridized carbons (Fsp3) is 0.333. The maximum absolute atomic E-state index is 13.3. The average Bonchev–Trinajstić information content (AvgIpc) is 3.36. The topological polar surface area (TPSA) is 26.8 Å². The first kappa shape index (κ1) is 19.9. The molecule has 4 rings (SSSR count). The van der Waals surface area contributed by atoms with Crippen molar-refractivity contribution in [1.29, 1.82) is 0 Å². The third kappa shape index (κ3) is 3.90. The Labute approximate surface area is 181 Å². The number of carbonyl (C=O) groups excluding carboxylic acids is 1. The molecular formula is C24H27N3OSe. The van der Waals surface area contributed by atoms with E-state index in [-0.39, 0.29) is 5.91 Å². The fourth-order valence-corrected chi connectivity index (χ4v) is 4.88. The fourth-order valence-electron chi connectivity index (χ4n) is 4.01. The predicted octanol–water partition coefficient (Wildman–Crippen LogP) is 3.81. The molecule has 5 heteroatoms. The van der Waals surface area contributed by atoms with Gasteiger partial charge in [0.05, 0.1) is 0 Å². The first-order valence-electron chi connectivity index (χ1n) is 10.4. The van der Waals surface area contributed by atoms with E-state index in [1.165, 1.54) is 24.1 Å². The number of carbonyl (C=O) groups is 1. The molecule has 150 valence electrons. The SMILES string of the molecule is CCc1ccc(N2C(=O)/C(=C\c3ccc(N4CCCC4)cc3)N(CC)C2=[Se])cc1. The van der Waals surface area contributed by atoms with Gasteiger partial charge in [-0.15, -0.1) is 0 Å². The molecule has 2 fully saturated rings. The number of anilines is 2. The van der Waals surface area contributed by atoms with Gasteiger partial charge in [-0.3, -0.25) is 0 Å². The van der Waals surface area contributed by atoms with E-state index in [1.807, 2.05) is 23.1 Å². The summed E-state index contributed by atoms with van der Waals surface area (Å²) in [5.41, 5.74) is 5.18. The van der Waals surface area contributed by atoms with Crippen LogP contribution in [-0.2, 0) is 11.2 Å². The number of hydrogen-bond donors (Lipinski definition) is 0. The zero-order valence-electron chi connectivity index (χ0n) is 17.1. The van der Waals surface area contributed by atoms with Gasteiger partial charge in [0.2, 0.25) is 0 Å². The molecule has 0 spiro atoms. The van der Waals surface area contributed by atoms with E-state index in [4.69, 9.17) is 0 Å². The minimum absolute atomic E-state index is 0.00784. The average molecular weight is 452 g/mol. The van der Waals surface area contributed by atoms with Crippen molar-refractivity contribution in [3.63, 3.8) is 0 Å². The van der Waals surface area contributed by atoms with E-state index in [0.717, 1.165) is 42.0 Å². The number of aryl methyl sites for hydroxylation is 1. The summed E-state index contributed by atoms with van der Waals surface area (Å²) in [6, 6.07) is 16.8. The Bertz CT molecular complexity index is 928. The van der Waals surface area contributed by atoms with Crippen molar-refractivity contribution in [2.45, 2.75) is 33.1 Å². The molecule has 0 saturated carbocycles. The third-order valence-electron chi connectivity index (χ3n) is 5.72. The maximum atomic E-state index is 13.3. The molecule has 29 heavy (non-hydrogen) atoms. The second-order valence-corrected chi connectivity index (χ2v) is 8.27. The molecule has 2 aromatic carbocycles. The number of benzene rings is 2.